The van der Waals surface area contributed by atoms with Crippen molar-refractivity contribution in [3.63, 3.8) is 0 Å². The first-order valence-electron chi connectivity index (χ1n) is 7.04. The number of carbonyl (C=O) groups excluding carboxylic acids is 1. The number of pyridine rings is 1. The van der Waals surface area contributed by atoms with Gasteiger partial charge < -0.3 is 4.98 Å². The van der Waals surface area contributed by atoms with Crippen LogP contribution in [0.3, 0.4) is 0 Å². The molecule has 0 aliphatic heterocycles. The summed E-state index contributed by atoms with van der Waals surface area (Å²) in [6, 6.07) is 11.6. The quantitative estimate of drug-likeness (QED) is 0.717. The van der Waals surface area contributed by atoms with Crippen molar-refractivity contribution >= 4 is 16.7 Å². The van der Waals surface area contributed by atoms with Crippen LogP contribution in [0.25, 0.3) is 10.9 Å². The van der Waals surface area contributed by atoms with E-state index in [0.717, 1.165) is 16.6 Å². The first-order valence-corrected chi connectivity index (χ1v) is 7.04. The van der Waals surface area contributed by atoms with Crippen molar-refractivity contribution in [1.82, 2.24) is 9.97 Å². The van der Waals surface area contributed by atoms with Gasteiger partial charge in [0, 0.05) is 45.5 Å². The molecule has 0 aliphatic carbocycles. The summed E-state index contributed by atoms with van der Waals surface area (Å²) >= 11 is 0. The van der Waals surface area contributed by atoms with Gasteiger partial charge in [-0.15, -0.1) is 0 Å². The van der Waals surface area contributed by atoms with E-state index >= 15 is 0 Å². The number of ketones is 1. The number of rotatable bonds is 2. The minimum atomic E-state index is -0.0115. The van der Waals surface area contributed by atoms with Gasteiger partial charge in [-0.2, -0.15) is 0 Å². The van der Waals surface area contributed by atoms with Crippen LogP contribution in [-0.2, 0) is 5.41 Å². The number of nitrogens with one attached hydrogen (secondary N) is 1. The highest BCUT2D eigenvalue weighted by atomic mass is 16.1. The predicted molar refractivity (Wildman–Crippen MR) is 84.7 cm³/mol. The second-order valence-electron chi connectivity index (χ2n) is 6.26. The number of carbonyl (C=O) groups is 1. The molecule has 0 spiro atoms. The smallest absolute Gasteiger partial charge is 0.196 e. The monoisotopic (exact) mass is 278 g/mol. The lowest BCUT2D eigenvalue weighted by molar-refractivity contribution is 0.104. The van der Waals surface area contributed by atoms with Crippen LogP contribution in [0.2, 0.25) is 0 Å². The molecule has 0 saturated carbocycles. The fourth-order valence-corrected chi connectivity index (χ4v) is 2.39. The highest BCUT2D eigenvalue weighted by molar-refractivity contribution is 6.16. The zero-order chi connectivity index (χ0) is 15.0. The Balaban J connectivity index is 1.99. The first kappa shape index (κ1) is 13.6. The van der Waals surface area contributed by atoms with Crippen LogP contribution in [0.4, 0.5) is 0 Å². The van der Waals surface area contributed by atoms with Crippen molar-refractivity contribution in [1.29, 1.82) is 0 Å². The zero-order valence-corrected chi connectivity index (χ0v) is 12.5. The van der Waals surface area contributed by atoms with E-state index in [-0.39, 0.29) is 11.2 Å². The Morgan fingerprint density at radius 2 is 1.86 bits per heavy atom. The van der Waals surface area contributed by atoms with E-state index in [1.807, 2.05) is 36.4 Å². The molecule has 3 heteroatoms. The Morgan fingerprint density at radius 1 is 1.10 bits per heavy atom. The van der Waals surface area contributed by atoms with Crippen LogP contribution < -0.4 is 0 Å². The van der Waals surface area contributed by atoms with E-state index < -0.39 is 0 Å². The SMILES string of the molecule is CC(C)(C)c1ccc(C(=O)c2c[nH]c3ccccc23)cn1. The van der Waals surface area contributed by atoms with Gasteiger partial charge in [0.05, 0.1) is 0 Å². The molecule has 0 amide bonds. The number of para-hydroxylation sites is 1. The Bertz CT molecular complexity index is 792. The van der Waals surface area contributed by atoms with Crippen molar-refractivity contribution in [2.75, 3.05) is 0 Å². The maximum Gasteiger partial charge on any atom is 0.196 e. The maximum absolute atomic E-state index is 12.6. The summed E-state index contributed by atoms with van der Waals surface area (Å²) in [4.78, 5) is 20.2. The molecule has 3 rings (SSSR count). The van der Waals surface area contributed by atoms with Gasteiger partial charge in [0.1, 0.15) is 0 Å². The average molecular weight is 278 g/mol. The summed E-state index contributed by atoms with van der Waals surface area (Å²) in [6.07, 6.45) is 3.44. The fourth-order valence-electron chi connectivity index (χ4n) is 2.39. The van der Waals surface area contributed by atoms with E-state index in [1.165, 1.54) is 0 Å². The Labute approximate surface area is 124 Å². The lowest BCUT2D eigenvalue weighted by atomic mass is 9.91. The Morgan fingerprint density at radius 3 is 2.52 bits per heavy atom. The fraction of sp³-hybridized carbons (Fsp3) is 0.222. The van der Waals surface area contributed by atoms with Crippen LogP contribution in [-0.4, -0.2) is 15.8 Å². The number of benzene rings is 1. The number of hydrogen-bond donors (Lipinski definition) is 1. The molecule has 0 aliphatic rings. The molecule has 3 nitrogen and oxygen atoms in total. The van der Waals surface area contributed by atoms with Gasteiger partial charge in [-0.05, 0) is 18.2 Å². The van der Waals surface area contributed by atoms with Crippen molar-refractivity contribution in [3.8, 4) is 0 Å². The molecule has 0 fully saturated rings. The normalized spacial score (nSPS) is 11.8. The number of aromatic nitrogens is 2. The standard InChI is InChI=1S/C18H18N2O/c1-18(2,3)16-9-8-12(10-20-16)17(21)14-11-19-15-7-5-4-6-13(14)15/h4-11,19H,1-3H3. The molecule has 3 aromatic rings. The third kappa shape index (κ3) is 2.47. The summed E-state index contributed by atoms with van der Waals surface area (Å²) in [6.45, 7) is 6.32. The molecule has 0 unspecified atom stereocenters. The molecule has 21 heavy (non-hydrogen) atoms. The van der Waals surface area contributed by atoms with Crippen molar-refractivity contribution in [3.05, 3.63) is 65.6 Å². The number of nitrogens with zero attached hydrogens (tertiary/aromatic N) is 1. The molecule has 0 radical (unpaired) electrons. The highest BCUT2D eigenvalue weighted by Crippen LogP contribution is 2.23. The molecular formula is C18H18N2O. The van der Waals surface area contributed by atoms with Gasteiger partial charge in [0.25, 0.3) is 0 Å². The second kappa shape index (κ2) is 4.85. The largest absolute Gasteiger partial charge is 0.360 e. The lowest BCUT2D eigenvalue weighted by Gasteiger charge is -2.17. The molecule has 1 aromatic carbocycles. The molecule has 2 heterocycles. The minimum absolute atomic E-state index is 0.000379. The van der Waals surface area contributed by atoms with E-state index in [2.05, 4.69) is 30.7 Å². The van der Waals surface area contributed by atoms with Crippen LogP contribution in [0.1, 0.15) is 42.4 Å². The third-order valence-corrected chi connectivity index (χ3v) is 3.63. The van der Waals surface area contributed by atoms with Crippen molar-refractivity contribution in [2.24, 2.45) is 0 Å². The lowest BCUT2D eigenvalue weighted by Crippen LogP contribution is -2.14. The zero-order valence-electron chi connectivity index (χ0n) is 12.5. The Kier molecular flexibility index (Phi) is 3.13. The van der Waals surface area contributed by atoms with Gasteiger partial charge in [-0.1, -0.05) is 39.0 Å². The van der Waals surface area contributed by atoms with Crippen LogP contribution >= 0.6 is 0 Å². The van der Waals surface area contributed by atoms with E-state index in [4.69, 9.17) is 0 Å². The van der Waals surface area contributed by atoms with E-state index in [1.54, 1.807) is 12.4 Å². The minimum Gasteiger partial charge on any atom is -0.360 e. The highest BCUT2D eigenvalue weighted by Gasteiger charge is 2.18. The van der Waals surface area contributed by atoms with Crippen LogP contribution in [0.5, 0.6) is 0 Å². The third-order valence-electron chi connectivity index (χ3n) is 3.63. The predicted octanol–water partition coefficient (Wildman–Crippen LogP) is 4.09. The average Bonchev–Trinajstić information content (AvgIpc) is 2.90. The summed E-state index contributed by atoms with van der Waals surface area (Å²) < 4.78 is 0. The molecule has 0 saturated heterocycles. The van der Waals surface area contributed by atoms with Crippen LogP contribution in [0, 0.1) is 0 Å². The summed E-state index contributed by atoms with van der Waals surface area (Å²) in [5.74, 6) is 0.000379. The molecule has 0 bridgehead atoms. The molecule has 106 valence electrons. The number of H-pyrrole nitrogens is 1. The molecular weight excluding hydrogens is 260 g/mol. The second-order valence-corrected chi connectivity index (χ2v) is 6.26. The first-order chi connectivity index (χ1) is 9.97. The topological polar surface area (TPSA) is 45.8 Å². The molecule has 1 N–H and O–H groups in total. The summed E-state index contributed by atoms with van der Waals surface area (Å²) in [5.41, 5.74) is 3.25. The van der Waals surface area contributed by atoms with E-state index in [9.17, 15) is 4.79 Å². The summed E-state index contributed by atoms with van der Waals surface area (Å²) in [7, 11) is 0. The Hall–Kier alpha value is -2.42. The van der Waals surface area contributed by atoms with Crippen molar-refractivity contribution < 1.29 is 4.79 Å². The van der Waals surface area contributed by atoms with Crippen LogP contribution in [0.15, 0.2) is 48.8 Å². The summed E-state index contributed by atoms with van der Waals surface area (Å²) in [5, 5.41) is 0.947. The van der Waals surface area contributed by atoms with Gasteiger partial charge in [-0.3, -0.25) is 9.78 Å². The van der Waals surface area contributed by atoms with E-state index in [0.29, 0.717) is 11.1 Å². The van der Waals surface area contributed by atoms with Gasteiger partial charge in [0.2, 0.25) is 0 Å². The molecule has 2 aromatic heterocycles. The maximum atomic E-state index is 12.6. The van der Waals surface area contributed by atoms with Gasteiger partial charge in [-0.25, -0.2) is 0 Å². The number of fused-ring (bicyclic) bond motifs is 1. The number of hydrogen-bond acceptors (Lipinski definition) is 2. The number of aromatic amines is 1. The van der Waals surface area contributed by atoms with Gasteiger partial charge >= 0.3 is 0 Å². The van der Waals surface area contributed by atoms with Gasteiger partial charge in [0.15, 0.2) is 5.78 Å². The van der Waals surface area contributed by atoms with Crippen molar-refractivity contribution in [2.45, 2.75) is 26.2 Å². The molecule has 0 atom stereocenters.